The van der Waals surface area contributed by atoms with Crippen molar-refractivity contribution < 1.29 is 0 Å². The van der Waals surface area contributed by atoms with Gasteiger partial charge in [-0.3, -0.25) is 0 Å². The van der Waals surface area contributed by atoms with Crippen LogP contribution in [0.2, 0.25) is 0 Å². The van der Waals surface area contributed by atoms with E-state index in [4.69, 9.17) is 0 Å². The van der Waals surface area contributed by atoms with Crippen molar-refractivity contribution in [3.8, 4) is 0 Å². The highest BCUT2D eigenvalue weighted by Gasteiger charge is 2.51. The van der Waals surface area contributed by atoms with E-state index in [2.05, 4.69) is 33.0 Å². The van der Waals surface area contributed by atoms with Crippen molar-refractivity contribution in [2.75, 3.05) is 6.54 Å². The van der Waals surface area contributed by atoms with E-state index >= 15 is 0 Å². The second-order valence-electron chi connectivity index (χ2n) is 6.58. The molecule has 0 amide bonds. The van der Waals surface area contributed by atoms with Crippen LogP contribution in [0.3, 0.4) is 0 Å². The van der Waals surface area contributed by atoms with Crippen LogP contribution in [-0.4, -0.2) is 12.6 Å². The lowest BCUT2D eigenvalue weighted by atomic mass is 9.51. The summed E-state index contributed by atoms with van der Waals surface area (Å²) in [5.41, 5.74) is 1.01. The Hall–Kier alpha value is -0.0400. The van der Waals surface area contributed by atoms with E-state index in [1.807, 2.05) is 0 Å². The minimum Gasteiger partial charge on any atom is -0.313 e. The first-order chi connectivity index (χ1) is 6.98. The fraction of sp³-hybridized carbons (Fsp3) is 1.00. The molecule has 1 N–H and O–H groups in total. The Labute approximate surface area is 95.0 Å². The van der Waals surface area contributed by atoms with Gasteiger partial charge >= 0.3 is 0 Å². The van der Waals surface area contributed by atoms with E-state index < -0.39 is 0 Å². The molecule has 3 atom stereocenters. The quantitative estimate of drug-likeness (QED) is 0.696. The molecule has 0 aromatic rings. The molecular formula is C14H27N. The third kappa shape index (κ3) is 1.63. The van der Waals surface area contributed by atoms with Gasteiger partial charge in [0.25, 0.3) is 0 Å². The molecule has 1 aliphatic heterocycles. The first kappa shape index (κ1) is 11.4. The summed E-state index contributed by atoms with van der Waals surface area (Å²) >= 11 is 0. The zero-order valence-corrected chi connectivity index (χ0v) is 10.9. The number of hydrogen-bond donors (Lipinski definition) is 1. The summed E-state index contributed by atoms with van der Waals surface area (Å²) in [6.07, 6.45) is 7.05. The highest BCUT2D eigenvalue weighted by atomic mass is 15.0. The summed E-state index contributed by atoms with van der Waals surface area (Å²) in [6, 6.07) is 0.773. The highest BCUT2D eigenvalue weighted by molar-refractivity contribution is 5.03. The lowest BCUT2D eigenvalue weighted by Crippen LogP contribution is -2.53. The minimum atomic E-state index is 0.493. The molecule has 0 aromatic carbocycles. The molecule has 0 bridgehead atoms. The van der Waals surface area contributed by atoms with Gasteiger partial charge in [-0.05, 0) is 42.6 Å². The van der Waals surface area contributed by atoms with Crippen molar-refractivity contribution >= 4 is 0 Å². The SMILES string of the molecule is CC1CCCC(C)(C2CCCN2)C1(C)C. The standard InChI is InChI=1S/C14H27N/c1-11-7-5-9-14(4,13(11,2)3)12-8-6-10-15-12/h11-12,15H,5-10H2,1-4H3. The molecule has 2 rings (SSSR count). The van der Waals surface area contributed by atoms with Gasteiger partial charge in [-0.25, -0.2) is 0 Å². The molecule has 15 heavy (non-hydrogen) atoms. The Morgan fingerprint density at radius 2 is 1.80 bits per heavy atom. The van der Waals surface area contributed by atoms with Crippen molar-refractivity contribution in [1.82, 2.24) is 5.32 Å². The summed E-state index contributed by atoms with van der Waals surface area (Å²) in [5, 5.41) is 3.74. The van der Waals surface area contributed by atoms with Crippen LogP contribution in [-0.2, 0) is 0 Å². The van der Waals surface area contributed by atoms with Gasteiger partial charge in [-0.15, -0.1) is 0 Å². The van der Waals surface area contributed by atoms with Crippen molar-refractivity contribution in [3.05, 3.63) is 0 Å². The van der Waals surface area contributed by atoms with Crippen LogP contribution in [0.25, 0.3) is 0 Å². The molecule has 1 nitrogen and oxygen atoms in total. The monoisotopic (exact) mass is 209 g/mol. The Kier molecular flexibility index (Phi) is 2.87. The predicted octanol–water partition coefficient (Wildman–Crippen LogP) is 3.59. The summed E-state index contributed by atoms with van der Waals surface area (Å²) < 4.78 is 0. The van der Waals surface area contributed by atoms with Crippen LogP contribution in [0.1, 0.15) is 59.8 Å². The van der Waals surface area contributed by atoms with Crippen LogP contribution in [0.4, 0.5) is 0 Å². The maximum atomic E-state index is 3.74. The summed E-state index contributed by atoms with van der Waals surface area (Å²) in [7, 11) is 0. The average Bonchev–Trinajstić information content (AvgIpc) is 2.68. The second-order valence-corrected chi connectivity index (χ2v) is 6.58. The molecule has 88 valence electrons. The molecular weight excluding hydrogens is 182 g/mol. The second kappa shape index (κ2) is 3.76. The van der Waals surface area contributed by atoms with Gasteiger partial charge in [-0.1, -0.05) is 40.5 Å². The maximum Gasteiger partial charge on any atom is 0.0126 e. The lowest BCUT2D eigenvalue weighted by Gasteiger charge is -2.55. The van der Waals surface area contributed by atoms with Gasteiger partial charge in [0.2, 0.25) is 0 Å². The molecule has 1 saturated carbocycles. The largest absolute Gasteiger partial charge is 0.313 e. The molecule has 1 heteroatoms. The summed E-state index contributed by atoms with van der Waals surface area (Å²) in [4.78, 5) is 0. The third-order valence-electron chi connectivity index (χ3n) is 5.87. The van der Waals surface area contributed by atoms with Gasteiger partial charge in [-0.2, -0.15) is 0 Å². The Balaban J connectivity index is 2.23. The fourth-order valence-electron chi connectivity index (χ4n) is 3.87. The van der Waals surface area contributed by atoms with Gasteiger partial charge in [0.05, 0.1) is 0 Å². The minimum absolute atomic E-state index is 0.493. The van der Waals surface area contributed by atoms with Crippen LogP contribution in [0.15, 0.2) is 0 Å². The number of nitrogens with one attached hydrogen (secondary N) is 1. The van der Waals surface area contributed by atoms with E-state index in [9.17, 15) is 0 Å². The zero-order valence-electron chi connectivity index (χ0n) is 10.9. The Bertz CT molecular complexity index is 227. The first-order valence-corrected chi connectivity index (χ1v) is 6.72. The smallest absolute Gasteiger partial charge is 0.0126 e. The normalized spacial score (nSPS) is 45.6. The van der Waals surface area contributed by atoms with Crippen molar-refractivity contribution in [2.24, 2.45) is 16.7 Å². The van der Waals surface area contributed by atoms with E-state index in [1.54, 1.807) is 0 Å². The van der Waals surface area contributed by atoms with E-state index in [1.165, 1.54) is 38.6 Å². The molecule has 3 unspecified atom stereocenters. The topological polar surface area (TPSA) is 12.0 Å². The van der Waals surface area contributed by atoms with Crippen LogP contribution < -0.4 is 5.32 Å². The van der Waals surface area contributed by atoms with Crippen LogP contribution in [0.5, 0.6) is 0 Å². The van der Waals surface area contributed by atoms with Gasteiger partial charge < -0.3 is 5.32 Å². The first-order valence-electron chi connectivity index (χ1n) is 6.72. The predicted molar refractivity (Wildman–Crippen MR) is 65.9 cm³/mol. The molecule has 0 radical (unpaired) electrons. The Morgan fingerprint density at radius 1 is 1.07 bits per heavy atom. The molecule has 2 aliphatic rings. The van der Waals surface area contributed by atoms with Gasteiger partial charge in [0, 0.05) is 6.04 Å². The van der Waals surface area contributed by atoms with Crippen LogP contribution in [0, 0.1) is 16.7 Å². The maximum absolute atomic E-state index is 3.74. The van der Waals surface area contributed by atoms with Crippen molar-refractivity contribution in [3.63, 3.8) is 0 Å². The van der Waals surface area contributed by atoms with Crippen molar-refractivity contribution in [2.45, 2.75) is 65.8 Å². The summed E-state index contributed by atoms with van der Waals surface area (Å²) in [5.74, 6) is 0.874. The number of hydrogen-bond acceptors (Lipinski definition) is 1. The molecule has 1 aliphatic carbocycles. The van der Waals surface area contributed by atoms with E-state index in [-0.39, 0.29) is 0 Å². The molecule has 1 heterocycles. The molecule has 0 aromatic heterocycles. The highest BCUT2D eigenvalue weighted by Crippen LogP contribution is 2.56. The van der Waals surface area contributed by atoms with Crippen molar-refractivity contribution in [1.29, 1.82) is 0 Å². The average molecular weight is 209 g/mol. The van der Waals surface area contributed by atoms with Gasteiger partial charge in [0.15, 0.2) is 0 Å². The number of rotatable bonds is 1. The molecule has 2 fully saturated rings. The van der Waals surface area contributed by atoms with E-state index in [0.717, 1.165) is 12.0 Å². The summed E-state index contributed by atoms with van der Waals surface area (Å²) in [6.45, 7) is 11.2. The fourth-order valence-corrected chi connectivity index (χ4v) is 3.87. The third-order valence-corrected chi connectivity index (χ3v) is 5.87. The van der Waals surface area contributed by atoms with E-state index in [0.29, 0.717) is 10.8 Å². The lowest BCUT2D eigenvalue weighted by molar-refractivity contribution is -0.0401. The van der Waals surface area contributed by atoms with Crippen LogP contribution >= 0.6 is 0 Å². The molecule has 1 saturated heterocycles. The zero-order chi connectivity index (χ0) is 11.1. The Morgan fingerprint density at radius 3 is 2.40 bits per heavy atom. The van der Waals surface area contributed by atoms with Gasteiger partial charge in [0.1, 0.15) is 0 Å². The molecule has 0 spiro atoms.